The molecule has 0 saturated heterocycles. The normalized spacial score (nSPS) is 11.8. The van der Waals surface area contributed by atoms with Gasteiger partial charge in [-0.3, -0.25) is 0 Å². The Bertz CT molecular complexity index is 361. The summed E-state index contributed by atoms with van der Waals surface area (Å²) >= 11 is 0. The molecule has 0 unspecified atom stereocenters. The first-order valence-electron chi connectivity index (χ1n) is 4.87. The van der Waals surface area contributed by atoms with E-state index in [1.54, 1.807) is 0 Å². The molecule has 1 aromatic rings. The largest absolute Gasteiger partial charge is 0.416 e. The van der Waals surface area contributed by atoms with Gasteiger partial charge < -0.3 is 0 Å². The Labute approximate surface area is 95.3 Å². The molecule has 0 aromatic heterocycles. The molecule has 98 valence electrons. The third kappa shape index (κ3) is 4.28. The molecule has 0 bridgehead atoms. The second-order valence-electron chi connectivity index (χ2n) is 3.03. The number of halogens is 6. The molecule has 0 aliphatic heterocycles. The average Bonchev–Trinajstić information content (AvgIpc) is 2.17. The summed E-state index contributed by atoms with van der Waals surface area (Å²) in [5, 5.41) is 0. The molecule has 1 rings (SSSR count). The van der Waals surface area contributed by atoms with E-state index in [2.05, 4.69) is 0 Å². The van der Waals surface area contributed by atoms with Crippen LogP contribution in [-0.4, -0.2) is 0 Å². The van der Waals surface area contributed by atoms with Crippen molar-refractivity contribution in [2.45, 2.75) is 33.1 Å². The lowest BCUT2D eigenvalue weighted by atomic mass is 10.0. The Hall–Kier alpha value is -1.20. The number of benzene rings is 1. The van der Waals surface area contributed by atoms with Crippen LogP contribution in [-0.2, 0) is 12.4 Å². The lowest BCUT2D eigenvalue weighted by Gasteiger charge is -2.12. The maximum Gasteiger partial charge on any atom is 0.416 e. The van der Waals surface area contributed by atoms with Crippen molar-refractivity contribution in [3.63, 3.8) is 0 Å². The summed E-state index contributed by atoms with van der Waals surface area (Å²) in [6.07, 6.45) is -9.23. The fourth-order valence-electron chi connectivity index (χ4n) is 1.16. The van der Waals surface area contributed by atoms with Crippen LogP contribution in [0.5, 0.6) is 0 Å². The van der Waals surface area contributed by atoms with Crippen LogP contribution in [0, 0.1) is 6.92 Å². The van der Waals surface area contributed by atoms with E-state index in [0.29, 0.717) is 18.2 Å². The van der Waals surface area contributed by atoms with Crippen molar-refractivity contribution in [3.8, 4) is 0 Å². The van der Waals surface area contributed by atoms with Gasteiger partial charge in [0, 0.05) is 0 Å². The highest BCUT2D eigenvalue weighted by Gasteiger charge is 2.35. The van der Waals surface area contributed by atoms with E-state index in [4.69, 9.17) is 0 Å². The first kappa shape index (κ1) is 15.8. The van der Waals surface area contributed by atoms with Crippen LogP contribution in [0.25, 0.3) is 0 Å². The molecule has 0 N–H and O–H groups in total. The summed E-state index contributed by atoms with van der Waals surface area (Å²) < 4.78 is 72.9. The average molecular weight is 258 g/mol. The Morgan fingerprint density at radius 3 is 1.59 bits per heavy atom. The third-order valence-electron chi connectivity index (χ3n) is 1.86. The quantitative estimate of drug-likeness (QED) is 0.570. The Morgan fingerprint density at radius 2 is 1.29 bits per heavy atom. The van der Waals surface area contributed by atoms with Crippen molar-refractivity contribution >= 4 is 0 Å². The summed E-state index contributed by atoms with van der Waals surface area (Å²) in [6, 6.07) is 1.36. The molecule has 0 amide bonds. The molecule has 0 atom stereocenters. The van der Waals surface area contributed by atoms with Crippen LogP contribution in [0.1, 0.15) is 30.5 Å². The van der Waals surface area contributed by atoms with Crippen LogP contribution < -0.4 is 0 Å². The zero-order chi connectivity index (χ0) is 13.9. The zero-order valence-corrected chi connectivity index (χ0v) is 9.50. The maximum absolute atomic E-state index is 12.2. The molecule has 1 aromatic carbocycles. The molecule has 0 nitrogen and oxygen atoms in total. The van der Waals surface area contributed by atoms with Gasteiger partial charge in [-0.05, 0) is 30.7 Å². The van der Waals surface area contributed by atoms with Gasteiger partial charge in [-0.25, -0.2) is 0 Å². The molecular formula is C11H12F6. The molecule has 0 saturated carbocycles. The predicted octanol–water partition coefficient (Wildman–Crippen LogP) is 5.06. The lowest BCUT2D eigenvalue weighted by Crippen LogP contribution is -2.10. The first-order valence-corrected chi connectivity index (χ1v) is 4.87. The van der Waals surface area contributed by atoms with E-state index < -0.39 is 29.0 Å². The van der Waals surface area contributed by atoms with Gasteiger partial charge in [0.1, 0.15) is 0 Å². The van der Waals surface area contributed by atoms with Crippen LogP contribution in [0.15, 0.2) is 18.2 Å². The fraction of sp³-hybridized carbons (Fsp3) is 0.455. The Morgan fingerprint density at radius 1 is 0.824 bits per heavy atom. The second kappa shape index (κ2) is 5.42. The molecular weight excluding hydrogens is 246 g/mol. The zero-order valence-electron chi connectivity index (χ0n) is 9.50. The predicted molar refractivity (Wildman–Crippen MR) is 52.5 cm³/mol. The molecule has 17 heavy (non-hydrogen) atoms. The highest BCUT2D eigenvalue weighted by molar-refractivity contribution is 5.34. The molecule has 0 aliphatic carbocycles. The van der Waals surface area contributed by atoms with Gasteiger partial charge in [0.2, 0.25) is 0 Å². The molecule has 0 heterocycles. The van der Waals surface area contributed by atoms with Crippen molar-refractivity contribution in [1.82, 2.24) is 0 Å². The minimum Gasteiger partial charge on any atom is -0.166 e. The molecule has 0 aliphatic rings. The maximum atomic E-state index is 12.2. The van der Waals surface area contributed by atoms with E-state index >= 15 is 0 Å². The van der Waals surface area contributed by atoms with Crippen molar-refractivity contribution in [2.24, 2.45) is 0 Å². The second-order valence-corrected chi connectivity index (χ2v) is 3.03. The SMILES string of the molecule is CC.Cc1cc(C(F)(F)F)ccc1C(F)(F)F. The monoisotopic (exact) mass is 258 g/mol. The fourth-order valence-corrected chi connectivity index (χ4v) is 1.16. The molecule has 0 radical (unpaired) electrons. The van der Waals surface area contributed by atoms with Gasteiger partial charge in [-0.2, -0.15) is 26.3 Å². The van der Waals surface area contributed by atoms with Crippen LogP contribution in [0.4, 0.5) is 26.3 Å². The minimum atomic E-state index is -4.62. The van der Waals surface area contributed by atoms with E-state index in [1.807, 2.05) is 13.8 Å². The van der Waals surface area contributed by atoms with Crippen LogP contribution >= 0.6 is 0 Å². The topological polar surface area (TPSA) is 0 Å². The van der Waals surface area contributed by atoms with Crippen molar-refractivity contribution in [1.29, 1.82) is 0 Å². The van der Waals surface area contributed by atoms with Gasteiger partial charge in [0.15, 0.2) is 0 Å². The minimum absolute atomic E-state index is 0.426. The standard InChI is InChI=1S/C9H6F6.C2H6/c1-5-4-6(8(10,11)12)2-3-7(5)9(13,14)15;1-2/h2-4H,1H3;1-2H3. The van der Waals surface area contributed by atoms with Gasteiger partial charge in [-0.15, -0.1) is 0 Å². The lowest BCUT2D eigenvalue weighted by molar-refractivity contribution is -0.141. The Kier molecular flexibility index (Phi) is 5.04. The Balaban J connectivity index is 0.00000121. The van der Waals surface area contributed by atoms with E-state index in [-0.39, 0.29) is 0 Å². The highest BCUT2D eigenvalue weighted by Crippen LogP contribution is 2.35. The summed E-state index contributed by atoms with van der Waals surface area (Å²) in [7, 11) is 0. The number of alkyl halides is 6. The van der Waals surface area contributed by atoms with Gasteiger partial charge in [0.25, 0.3) is 0 Å². The van der Waals surface area contributed by atoms with E-state index in [9.17, 15) is 26.3 Å². The summed E-state index contributed by atoms with van der Waals surface area (Å²) in [5.74, 6) is 0. The third-order valence-corrected chi connectivity index (χ3v) is 1.86. The first-order chi connectivity index (χ1) is 7.62. The van der Waals surface area contributed by atoms with Crippen LogP contribution in [0.2, 0.25) is 0 Å². The molecule has 0 spiro atoms. The summed E-state index contributed by atoms with van der Waals surface area (Å²) in [5.41, 5.74) is -2.55. The molecule has 6 heteroatoms. The van der Waals surface area contributed by atoms with Crippen LogP contribution in [0.3, 0.4) is 0 Å². The highest BCUT2D eigenvalue weighted by atomic mass is 19.4. The number of aryl methyl sites for hydroxylation is 1. The van der Waals surface area contributed by atoms with Crippen molar-refractivity contribution in [3.05, 3.63) is 34.9 Å². The summed E-state index contributed by atoms with van der Waals surface area (Å²) in [6.45, 7) is 5.00. The van der Waals surface area contributed by atoms with Gasteiger partial charge >= 0.3 is 12.4 Å². The smallest absolute Gasteiger partial charge is 0.166 e. The molecule has 0 fully saturated rings. The van der Waals surface area contributed by atoms with E-state index in [0.717, 1.165) is 6.92 Å². The number of hydrogen-bond donors (Lipinski definition) is 0. The number of rotatable bonds is 0. The van der Waals surface area contributed by atoms with E-state index in [1.165, 1.54) is 0 Å². The van der Waals surface area contributed by atoms with Gasteiger partial charge in [-0.1, -0.05) is 13.8 Å². The van der Waals surface area contributed by atoms with Crippen molar-refractivity contribution < 1.29 is 26.3 Å². The summed E-state index contributed by atoms with van der Waals surface area (Å²) in [4.78, 5) is 0. The van der Waals surface area contributed by atoms with Gasteiger partial charge in [0.05, 0.1) is 11.1 Å². The van der Waals surface area contributed by atoms with Crippen molar-refractivity contribution in [2.75, 3.05) is 0 Å². The number of hydrogen-bond acceptors (Lipinski definition) is 0.